The fraction of sp³-hybridized carbons (Fsp3) is 0.364. The molecule has 1 heterocycles. The van der Waals surface area contributed by atoms with Crippen molar-refractivity contribution in [2.45, 2.75) is 6.29 Å². The molecule has 0 spiro atoms. The molecule has 96 valence electrons. The molecule has 0 amide bonds. The van der Waals surface area contributed by atoms with Gasteiger partial charge in [-0.25, -0.2) is 4.79 Å². The fourth-order valence-corrected chi connectivity index (χ4v) is 1.44. The maximum absolute atomic E-state index is 11.7. The molecular weight excluding hydrogens is 242 g/mol. The van der Waals surface area contributed by atoms with Crippen molar-refractivity contribution in [3.05, 3.63) is 39.9 Å². The van der Waals surface area contributed by atoms with E-state index in [-0.39, 0.29) is 17.9 Å². The third-order valence-corrected chi connectivity index (χ3v) is 2.34. The van der Waals surface area contributed by atoms with E-state index in [1.807, 2.05) is 0 Å². The van der Waals surface area contributed by atoms with Crippen LogP contribution in [-0.4, -0.2) is 37.0 Å². The van der Waals surface area contributed by atoms with E-state index in [0.717, 1.165) is 0 Å². The molecule has 2 rings (SSSR count). The predicted molar refractivity (Wildman–Crippen MR) is 59.1 cm³/mol. The fourth-order valence-electron chi connectivity index (χ4n) is 1.44. The molecule has 7 heteroatoms. The first-order valence-electron chi connectivity index (χ1n) is 5.31. The number of rotatable bonds is 3. The van der Waals surface area contributed by atoms with Crippen molar-refractivity contribution in [3.63, 3.8) is 0 Å². The Hall–Kier alpha value is -1.99. The molecule has 1 saturated heterocycles. The van der Waals surface area contributed by atoms with Crippen LogP contribution in [0.5, 0.6) is 0 Å². The van der Waals surface area contributed by atoms with E-state index >= 15 is 0 Å². The number of carbonyl (C=O) groups excluding carboxylic acids is 1. The molecule has 1 unspecified atom stereocenters. The largest absolute Gasteiger partial charge is 0.430 e. The number of non-ortho nitro benzene ring substituents is 1. The summed E-state index contributed by atoms with van der Waals surface area (Å²) in [4.78, 5) is 21.6. The van der Waals surface area contributed by atoms with Crippen molar-refractivity contribution in [2.24, 2.45) is 0 Å². The molecule has 1 fully saturated rings. The summed E-state index contributed by atoms with van der Waals surface area (Å²) in [5, 5.41) is 10.5. The summed E-state index contributed by atoms with van der Waals surface area (Å²) in [5.74, 6) is -0.597. The van der Waals surface area contributed by atoms with Crippen LogP contribution >= 0.6 is 0 Å². The van der Waals surface area contributed by atoms with Crippen molar-refractivity contribution in [2.75, 3.05) is 19.8 Å². The lowest BCUT2D eigenvalue weighted by Gasteiger charge is -2.22. The lowest BCUT2D eigenvalue weighted by Crippen LogP contribution is -2.32. The van der Waals surface area contributed by atoms with Crippen molar-refractivity contribution < 1.29 is 23.9 Å². The minimum absolute atomic E-state index is 0.0798. The molecule has 1 atom stereocenters. The van der Waals surface area contributed by atoms with Gasteiger partial charge in [-0.1, -0.05) is 0 Å². The Morgan fingerprint density at radius 2 is 2.06 bits per heavy atom. The molecule has 0 aromatic heterocycles. The van der Waals surface area contributed by atoms with Gasteiger partial charge in [0.1, 0.15) is 6.61 Å². The number of esters is 1. The van der Waals surface area contributed by atoms with Crippen LogP contribution in [0, 0.1) is 10.1 Å². The van der Waals surface area contributed by atoms with Crippen LogP contribution in [0.15, 0.2) is 24.3 Å². The first kappa shape index (κ1) is 12.5. The number of hydrogen-bond acceptors (Lipinski definition) is 6. The smallest absolute Gasteiger partial charge is 0.340 e. The normalized spacial score (nSPS) is 19.2. The molecule has 1 aliphatic heterocycles. The van der Waals surface area contributed by atoms with Crippen LogP contribution in [0.4, 0.5) is 5.69 Å². The maximum Gasteiger partial charge on any atom is 0.340 e. The van der Waals surface area contributed by atoms with E-state index in [4.69, 9.17) is 14.2 Å². The number of benzene rings is 1. The summed E-state index contributed by atoms with van der Waals surface area (Å²) in [7, 11) is 0. The van der Waals surface area contributed by atoms with Gasteiger partial charge in [-0.05, 0) is 12.1 Å². The second-order valence-corrected chi connectivity index (χ2v) is 3.58. The number of hydrogen-bond donors (Lipinski definition) is 0. The second-order valence-electron chi connectivity index (χ2n) is 3.58. The Balaban J connectivity index is 1.97. The van der Waals surface area contributed by atoms with E-state index < -0.39 is 17.2 Å². The summed E-state index contributed by atoms with van der Waals surface area (Å²) < 4.78 is 15.3. The molecule has 18 heavy (non-hydrogen) atoms. The Bertz CT molecular complexity index is 437. The Morgan fingerprint density at radius 1 is 1.33 bits per heavy atom. The maximum atomic E-state index is 11.7. The topological polar surface area (TPSA) is 87.9 Å². The minimum atomic E-state index is -0.721. The number of nitro benzene ring substituents is 1. The Morgan fingerprint density at radius 3 is 2.61 bits per heavy atom. The molecule has 0 N–H and O–H groups in total. The highest BCUT2D eigenvalue weighted by Gasteiger charge is 2.20. The minimum Gasteiger partial charge on any atom is -0.430 e. The first-order valence-corrected chi connectivity index (χ1v) is 5.31. The number of carbonyl (C=O) groups is 1. The highest BCUT2D eigenvalue weighted by Crippen LogP contribution is 2.14. The number of nitro groups is 1. The molecule has 0 aliphatic carbocycles. The predicted octanol–water partition coefficient (Wildman–Crippen LogP) is 1.12. The standard InChI is InChI=1S/C11H11NO6/c13-11(18-10-7-16-5-6-17-10)8-1-3-9(4-2-8)12(14)15/h1-4,10H,5-7H2. The van der Waals surface area contributed by atoms with Crippen molar-refractivity contribution in [1.82, 2.24) is 0 Å². The third-order valence-electron chi connectivity index (χ3n) is 2.34. The molecule has 0 bridgehead atoms. The molecule has 7 nitrogen and oxygen atoms in total. The average Bonchev–Trinajstić information content (AvgIpc) is 2.40. The average molecular weight is 253 g/mol. The van der Waals surface area contributed by atoms with Gasteiger partial charge in [0.25, 0.3) is 5.69 Å². The number of ether oxygens (including phenoxy) is 3. The van der Waals surface area contributed by atoms with E-state index in [1.165, 1.54) is 24.3 Å². The van der Waals surface area contributed by atoms with Crippen LogP contribution in [0.25, 0.3) is 0 Å². The molecule has 0 saturated carbocycles. The van der Waals surface area contributed by atoms with Crippen LogP contribution in [0.3, 0.4) is 0 Å². The van der Waals surface area contributed by atoms with Gasteiger partial charge in [0.15, 0.2) is 0 Å². The van der Waals surface area contributed by atoms with Crippen molar-refractivity contribution >= 4 is 11.7 Å². The van der Waals surface area contributed by atoms with Gasteiger partial charge in [-0.2, -0.15) is 0 Å². The van der Waals surface area contributed by atoms with Crippen LogP contribution < -0.4 is 0 Å². The van der Waals surface area contributed by atoms with Gasteiger partial charge < -0.3 is 14.2 Å². The molecule has 1 aliphatic rings. The first-order chi connectivity index (χ1) is 8.66. The van der Waals surface area contributed by atoms with Gasteiger partial charge in [0.05, 0.1) is 23.7 Å². The van der Waals surface area contributed by atoms with E-state index in [2.05, 4.69) is 0 Å². The third kappa shape index (κ3) is 3.02. The quantitative estimate of drug-likeness (QED) is 0.455. The van der Waals surface area contributed by atoms with Crippen molar-refractivity contribution in [3.8, 4) is 0 Å². The van der Waals surface area contributed by atoms with Gasteiger partial charge in [-0.15, -0.1) is 0 Å². The highest BCUT2D eigenvalue weighted by molar-refractivity contribution is 5.89. The van der Waals surface area contributed by atoms with E-state index in [0.29, 0.717) is 13.2 Å². The monoisotopic (exact) mass is 253 g/mol. The lowest BCUT2D eigenvalue weighted by molar-refractivity contribution is -0.384. The van der Waals surface area contributed by atoms with Crippen LogP contribution in [0.2, 0.25) is 0 Å². The zero-order valence-corrected chi connectivity index (χ0v) is 9.40. The number of nitrogens with zero attached hydrogens (tertiary/aromatic N) is 1. The lowest BCUT2D eigenvalue weighted by atomic mass is 10.2. The SMILES string of the molecule is O=C(OC1COCCO1)c1ccc([N+](=O)[O-])cc1. The Kier molecular flexibility index (Phi) is 3.85. The van der Waals surface area contributed by atoms with Crippen LogP contribution in [0.1, 0.15) is 10.4 Å². The highest BCUT2D eigenvalue weighted by atomic mass is 16.7. The van der Waals surface area contributed by atoms with Gasteiger partial charge >= 0.3 is 5.97 Å². The van der Waals surface area contributed by atoms with Crippen LogP contribution in [-0.2, 0) is 14.2 Å². The summed E-state index contributed by atoms with van der Waals surface area (Å²) >= 11 is 0. The summed E-state index contributed by atoms with van der Waals surface area (Å²) in [6, 6.07) is 5.16. The van der Waals surface area contributed by atoms with E-state index in [1.54, 1.807) is 0 Å². The van der Waals surface area contributed by atoms with Gasteiger partial charge in [-0.3, -0.25) is 10.1 Å². The molecule has 0 radical (unpaired) electrons. The van der Waals surface area contributed by atoms with Gasteiger partial charge in [0, 0.05) is 12.1 Å². The summed E-state index contributed by atoms with van der Waals surface area (Å²) in [6.07, 6.45) is -0.721. The summed E-state index contributed by atoms with van der Waals surface area (Å²) in [5.41, 5.74) is 0.151. The second kappa shape index (κ2) is 5.56. The summed E-state index contributed by atoms with van der Waals surface area (Å²) in [6.45, 7) is 1.04. The molecule has 1 aromatic rings. The Labute approximate surface area is 102 Å². The molecular formula is C11H11NO6. The van der Waals surface area contributed by atoms with Gasteiger partial charge in [0.2, 0.25) is 6.29 Å². The van der Waals surface area contributed by atoms with Crippen molar-refractivity contribution in [1.29, 1.82) is 0 Å². The van der Waals surface area contributed by atoms with E-state index in [9.17, 15) is 14.9 Å². The zero-order chi connectivity index (χ0) is 13.0. The molecule has 1 aromatic carbocycles. The zero-order valence-electron chi connectivity index (χ0n) is 9.40.